The van der Waals surface area contributed by atoms with Crippen LogP contribution in [0.3, 0.4) is 0 Å². The third-order valence-electron chi connectivity index (χ3n) is 1.53. The summed E-state index contributed by atoms with van der Waals surface area (Å²) in [5, 5.41) is 0. The van der Waals surface area contributed by atoms with Crippen molar-refractivity contribution in [1.82, 2.24) is 0 Å². The van der Waals surface area contributed by atoms with Crippen molar-refractivity contribution in [3.63, 3.8) is 0 Å². The summed E-state index contributed by atoms with van der Waals surface area (Å²) in [7, 11) is 0. The molecule has 0 aromatic carbocycles. The zero-order valence-corrected chi connectivity index (χ0v) is 13.3. The molecule has 0 bridgehead atoms. The van der Waals surface area contributed by atoms with E-state index >= 15 is 0 Å². The smallest absolute Gasteiger partial charge is 0.460 e. The van der Waals surface area contributed by atoms with E-state index in [2.05, 4.69) is 6.58 Å². The minimum absolute atomic E-state index is 0. The molecule has 0 N–H and O–H groups in total. The Morgan fingerprint density at radius 2 is 1.69 bits per heavy atom. The van der Waals surface area contributed by atoms with Crippen LogP contribution in [-0.2, 0) is 9.53 Å². The summed E-state index contributed by atoms with van der Waals surface area (Å²) in [6.45, 7) is 2.83. The summed E-state index contributed by atoms with van der Waals surface area (Å²) in [4.78, 5) is 11.1. The summed E-state index contributed by atoms with van der Waals surface area (Å²) < 4.78 is 41.0. The predicted octanol–water partition coefficient (Wildman–Crippen LogP) is 0.0551. The molecule has 0 aliphatic rings. The summed E-state index contributed by atoms with van der Waals surface area (Å²) in [5.74, 6) is -0.635. The van der Waals surface area contributed by atoms with Gasteiger partial charge >= 0.3 is 64.3 Å². The molecule has 7 heteroatoms. The molecule has 0 aromatic heterocycles. The monoisotopic (exact) mass is 262 g/mol. The van der Waals surface area contributed by atoms with Crippen LogP contribution in [0.5, 0.6) is 0 Å². The van der Waals surface area contributed by atoms with Gasteiger partial charge in [0.15, 0.2) is 0 Å². The number of hydrogen-bond donors (Lipinski definition) is 0. The van der Waals surface area contributed by atoms with Gasteiger partial charge in [-0.2, -0.15) is 0 Å². The molecule has 0 aliphatic heterocycles. The van der Waals surface area contributed by atoms with Gasteiger partial charge in [0, 0.05) is 6.42 Å². The third kappa shape index (κ3) is 9.89. The van der Waals surface area contributed by atoms with Crippen LogP contribution in [0.25, 0.3) is 0 Å². The molecular formula is C9H15BF3KO2. The molecule has 0 aliphatic carbocycles. The fraction of sp³-hybridized carbons (Fsp3) is 0.667. The Kier molecular flexibility index (Phi) is 8.58. The first-order chi connectivity index (χ1) is 6.52. The maximum Gasteiger partial charge on any atom is 1.00 e. The second-order valence-electron chi connectivity index (χ2n) is 4.32. The minimum Gasteiger partial charge on any atom is -0.460 e. The molecule has 0 rings (SSSR count). The Balaban J connectivity index is 0. The van der Waals surface area contributed by atoms with Gasteiger partial charge in [-0.25, -0.2) is 0 Å². The Labute approximate surface area is 136 Å². The van der Waals surface area contributed by atoms with Gasteiger partial charge in [-0.3, -0.25) is 4.79 Å². The van der Waals surface area contributed by atoms with Crippen LogP contribution in [-0.4, -0.2) is 18.5 Å². The van der Waals surface area contributed by atoms with E-state index in [4.69, 9.17) is 4.74 Å². The topological polar surface area (TPSA) is 26.3 Å². The van der Waals surface area contributed by atoms with Gasteiger partial charge in [0.2, 0.25) is 0 Å². The van der Waals surface area contributed by atoms with Crippen molar-refractivity contribution >= 4 is 12.9 Å². The maximum absolute atomic E-state index is 12.0. The minimum atomic E-state index is -5.04. The first kappa shape index (κ1) is 19.1. The second kappa shape index (κ2) is 7.21. The first-order valence-corrected chi connectivity index (χ1v) is 4.62. The van der Waals surface area contributed by atoms with Gasteiger partial charge in [-0.05, 0) is 27.2 Å². The van der Waals surface area contributed by atoms with Gasteiger partial charge in [-0.15, -0.1) is 12.1 Å². The Morgan fingerprint density at radius 3 is 2.00 bits per heavy atom. The van der Waals surface area contributed by atoms with E-state index in [9.17, 15) is 17.7 Å². The molecule has 0 fully saturated rings. The quantitative estimate of drug-likeness (QED) is 0.529. The zero-order chi connectivity index (χ0) is 12.3. The Morgan fingerprint density at radius 1 is 1.25 bits per heavy atom. The Hall–Kier alpha value is 0.701. The van der Waals surface area contributed by atoms with E-state index < -0.39 is 30.4 Å². The standard InChI is InChI=1S/C9H15BF3O2.K/c1-7(10(11,12)13)5-6-8(14)15-9(2,3)4;/h1,5-6H2,2-4H3;/q-1;+1. The van der Waals surface area contributed by atoms with Crippen LogP contribution in [0.2, 0.25) is 0 Å². The van der Waals surface area contributed by atoms with Crippen molar-refractivity contribution in [2.24, 2.45) is 0 Å². The molecule has 0 saturated carbocycles. The fourth-order valence-electron chi connectivity index (χ4n) is 0.819. The van der Waals surface area contributed by atoms with Crippen molar-refractivity contribution in [3.8, 4) is 0 Å². The van der Waals surface area contributed by atoms with E-state index in [0.717, 1.165) is 0 Å². The van der Waals surface area contributed by atoms with Crippen molar-refractivity contribution in [2.75, 3.05) is 0 Å². The van der Waals surface area contributed by atoms with Crippen LogP contribution in [0.15, 0.2) is 12.1 Å². The zero-order valence-electron chi connectivity index (χ0n) is 10.1. The van der Waals surface area contributed by atoms with E-state index in [0.29, 0.717) is 0 Å². The molecule has 16 heavy (non-hydrogen) atoms. The number of halogens is 3. The Bertz CT molecular complexity index is 258. The maximum atomic E-state index is 12.0. The molecular weight excluding hydrogens is 247 g/mol. The second-order valence-corrected chi connectivity index (χ2v) is 4.32. The van der Waals surface area contributed by atoms with E-state index in [1.165, 1.54) is 0 Å². The molecule has 0 amide bonds. The number of carbonyl (C=O) groups is 1. The molecule has 0 unspecified atom stereocenters. The number of rotatable bonds is 4. The molecule has 2 nitrogen and oxygen atoms in total. The van der Waals surface area contributed by atoms with Gasteiger partial charge in [0.25, 0.3) is 0 Å². The van der Waals surface area contributed by atoms with Gasteiger partial charge in [0.05, 0.1) is 0 Å². The largest absolute Gasteiger partial charge is 1.00 e. The van der Waals surface area contributed by atoms with Crippen molar-refractivity contribution in [2.45, 2.75) is 39.2 Å². The molecule has 0 aromatic rings. The molecule has 88 valence electrons. The molecule has 0 saturated heterocycles. The van der Waals surface area contributed by atoms with Crippen LogP contribution in [0.1, 0.15) is 33.6 Å². The average molecular weight is 262 g/mol. The summed E-state index contributed by atoms with van der Waals surface area (Å²) in [6.07, 6.45) is -0.671. The number of hydrogen-bond acceptors (Lipinski definition) is 2. The molecule has 0 radical (unpaired) electrons. The normalized spacial score (nSPS) is 11.6. The number of allylic oxidation sites excluding steroid dienone is 1. The van der Waals surface area contributed by atoms with Crippen LogP contribution in [0, 0.1) is 0 Å². The van der Waals surface area contributed by atoms with Gasteiger partial charge < -0.3 is 17.7 Å². The van der Waals surface area contributed by atoms with E-state index in [1.807, 2.05) is 0 Å². The fourth-order valence-corrected chi connectivity index (χ4v) is 0.819. The van der Waals surface area contributed by atoms with E-state index in [-0.39, 0.29) is 57.8 Å². The molecule has 0 spiro atoms. The average Bonchev–Trinajstić information content (AvgIpc) is 1.94. The number of esters is 1. The van der Waals surface area contributed by atoms with Crippen molar-refractivity contribution < 1.29 is 73.9 Å². The third-order valence-corrected chi connectivity index (χ3v) is 1.53. The van der Waals surface area contributed by atoms with Gasteiger partial charge in [-0.1, -0.05) is 0 Å². The van der Waals surface area contributed by atoms with Gasteiger partial charge in [0.1, 0.15) is 5.60 Å². The van der Waals surface area contributed by atoms with Crippen LogP contribution >= 0.6 is 0 Å². The first-order valence-electron chi connectivity index (χ1n) is 4.62. The van der Waals surface area contributed by atoms with E-state index in [1.54, 1.807) is 20.8 Å². The predicted molar refractivity (Wildman–Crippen MR) is 53.3 cm³/mol. The van der Waals surface area contributed by atoms with Crippen molar-refractivity contribution in [1.29, 1.82) is 0 Å². The number of ether oxygens (including phenoxy) is 1. The summed E-state index contributed by atoms with van der Waals surface area (Å²) >= 11 is 0. The van der Waals surface area contributed by atoms with Crippen molar-refractivity contribution in [3.05, 3.63) is 12.1 Å². The summed E-state index contributed by atoms with van der Waals surface area (Å²) in [5.41, 5.74) is -1.51. The summed E-state index contributed by atoms with van der Waals surface area (Å²) in [6, 6.07) is 0. The SMILES string of the molecule is C=C(CCC(=O)OC(C)(C)C)[B-](F)(F)F.[K+]. The van der Waals surface area contributed by atoms with Crippen LogP contribution in [0.4, 0.5) is 12.9 Å². The van der Waals surface area contributed by atoms with Crippen LogP contribution < -0.4 is 51.4 Å². The number of carbonyl (C=O) groups excluding carboxylic acids is 1. The molecule has 0 atom stereocenters. The molecule has 0 heterocycles.